The Labute approximate surface area is 179 Å². The van der Waals surface area contributed by atoms with E-state index in [0.29, 0.717) is 11.8 Å². The van der Waals surface area contributed by atoms with Crippen LogP contribution in [0.2, 0.25) is 0 Å². The van der Waals surface area contributed by atoms with Crippen LogP contribution in [0.15, 0.2) is 72.0 Å². The number of tetrazole rings is 1. The molecule has 2 heterocycles. The normalized spacial score (nSPS) is 10.7. The topological polar surface area (TPSA) is 75.0 Å². The molecule has 4 aromatic rings. The summed E-state index contributed by atoms with van der Waals surface area (Å²) in [5, 5.41) is 12.9. The highest BCUT2D eigenvalue weighted by Crippen LogP contribution is 2.28. The van der Waals surface area contributed by atoms with Crippen LogP contribution < -0.4 is 9.47 Å². The van der Waals surface area contributed by atoms with Crippen LogP contribution in [0.25, 0.3) is 5.69 Å². The number of nitrogens with zero attached hydrogens (tertiary/aromatic N) is 5. The summed E-state index contributed by atoms with van der Waals surface area (Å²) in [7, 11) is 1.64. The lowest BCUT2D eigenvalue weighted by Crippen LogP contribution is -2.02. The molecule has 0 unspecified atom stereocenters. The second-order valence-electron chi connectivity index (χ2n) is 6.59. The molecular formula is C22H21N5O2S. The second kappa shape index (κ2) is 9.41. The van der Waals surface area contributed by atoms with Gasteiger partial charge in [0.05, 0.1) is 12.8 Å². The van der Waals surface area contributed by atoms with Crippen molar-refractivity contribution in [3.05, 3.63) is 83.7 Å². The molecule has 0 aliphatic rings. The number of thioether (sulfide) groups is 1. The first-order valence-corrected chi connectivity index (χ1v) is 10.4. The van der Waals surface area contributed by atoms with Gasteiger partial charge in [-0.2, -0.15) is 4.68 Å². The Morgan fingerprint density at radius 3 is 2.67 bits per heavy atom. The Bertz CT molecular complexity index is 1100. The van der Waals surface area contributed by atoms with Gasteiger partial charge in [0.2, 0.25) is 5.16 Å². The Kier molecular flexibility index (Phi) is 6.24. The fourth-order valence-electron chi connectivity index (χ4n) is 2.86. The van der Waals surface area contributed by atoms with Crippen molar-refractivity contribution in [1.29, 1.82) is 0 Å². The molecule has 0 atom stereocenters. The standard InChI is InChI=1S/C22H21N5O2S/c1-16-6-11-21(28-2)20(13-16)27-22(24-25-26-27)30-15-17-7-9-19(10-8-17)29-14-18-5-3-4-12-23-18/h3-13H,14-15H2,1-2H3. The van der Waals surface area contributed by atoms with E-state index in [1.165, 1.54) is 0 Å². The molecule has 30 heavy (non-hydrogen) atoms. The van der Waals surface area contributed by atoms with Crippen molar-refractivity contribution in [3.8, 4) is 17.2 Å². The Morgan fingerprint density at radius 1 is 1.03 bits per heavy atom. The van der Waals surface area contributed by atoms with Gasteiger partial charge >= 0.3 is 0 Å². The first kappa shape index (κ1) is 19.9. The number of hydrogen-bond donors (Lipinski definition) is 0. The molecule has 0 bridgehead atoms. The molecule has 2 aromatic heterocycles. The van der Waals surface area contributed by atoms with Gasteiger partial charge in [-0.05, 0) is 64.9 Å². The van der Waals surface area contributed by atoms with Crippen LogP contribution in [0.4, 0.5) is 0 Å². The number of aromatic nitrogens is 5. The van der Waals surface area contributed by atoms with Crippen molar-refractivity contribution < 1.29 is 9.47 Å². The number of pyridine rings is 1. The van der Waals surface area contributed by atoms with E-state index in [1.54, 1.807) is 29.8 Å². The molecule has 4 rings (SSSR count). The summed E-state index contributed by atoms with van der Waals surface area (Å²) in [5.41, 5.74) is 3.98. The van der Waals surface area contributed by atoms with Crippen LogP contribution in [0.3, 0.4) is 0 Å². The molecular weight excluding hydrogens is 398 g/mol. The molecule has 0 radical (unpaired) electrons. The highest BCUT2D eigenvalue weighted by Gasteiger charge is 2.14. The maximum Gasteiger partial charge on any atom is 0.214 e. The fraction of sp³-hybridized carbons (Fsp3) is 0.182. The molecule has 8 heteroatoms. The van der Waals surface area contributed by atoms with Gasteiger partial charge in [-0.25, -0.2) is 0 Å². The van der Waals surface area contributed by atoms with Gasteiger partial charge in [0, 0.05) is 11.9 Å². The summed E-state index contributed by atoms with van der Waals surface area (Å²) in [6, 6.07) is 19.7. The van der Waals surface area contributed by atoms with E-state index in [-0.39, 0.29) is 0 Å². The predicted octanol–water partition coefficient (Wildman–Crippen LogP) is 4.25. The third-order valence-electron chi connectivity index (χ3n) is 4.41. The van der Waals surface area contributed by atoms with Gasteiger partial charge < -0.3 is 9.47 Å². The minimum Gasteiger partial charge on any atom is -0.494 e. The third kappa shape index (κ3) is 4.77. The van der Waals surface area contributed by atoms with Gasteiger partial charge in [-0.1, -0.05) is 36.0 Å². The lowest BCUT2D eigenvalue weighted by molar-refractivity contribution is 0.301. The highest BCUT2D eigenvalue weighted by atomic mass is 32.2. The molecule has 152 valence electrons. The minimum absolute atomic E-state index is 0.446. The van der Waals surface area contributed by atoms with E-state index in [1.807, 2.05) is 67.6 Å². The van der Waals surface area contributed by atoms with Crippen LogP contribution in [0, 0.1) is 6.92 Å². The monoisotopic (exact) mass is 419 g/mol. The van der Waals surface area contributed by atoms with E-state index in [4.69, 9.17) is 9.47 Å². The molecule has 0 aliphatic carbocycles. The molecule has 7 nitrogen and oxygen atoms in total. The van der Waals surface area contributed by atoms with Gasteiger partial charge in [-0.3, -0.25) is 4.98 Å². The molecule has 0 saturated heterocycles. The maximum atomic E-state index is 5.79. The van der Waals surface area contributed by atoms with Crippen LogP contribution in [0.1, 0.15) is 16.8 Å². The van der Waals surface area contributed by atoms with Gasteiger partial charge in [0.15, 0.2) is 0 Å². The Hall–Kier alpha value is -3.39. The number of hydrogen-bond acceptors (Lipinski definition) is 7. The molecule has 0 fully saturated rings. The summed E-state index contributed by atoms with van der Waals surface area (Å²) in [5.74, 6) is 2.27. The van der Waals surface area contributed by atoms with Gasteiger partial charge in [-0.15, -0.1) is 5.10 Å². The average Bonchev–Trinajstić information content (AvgIpc) is 3.26. The lowest BCUT2D eigenvalue weighted by atomic mass is 10.2. The van der Waals surface area contributed by atoms with E-state index >= 15 is 0 Å². The third-order valence-corrected chi connectivity index (χ3v) is 5.40. The van der Waals surface area contributed by atoms with Crippen molar-refractivity contribution >= 4 is 11.8 Å². The highest BCUT2D eigenvalue weighted by molar-refractivity contribution is 7.98. The maximum absolute atomic E-state index is 5.79. The number of rotatable bonds is 8. The quantitative estimate of drug-likeness (QED) is 0.395. The van der Waals surface area contributed by atoms with Gasteiger partial charge in [0.1, 0.15) is 23.8 Å². The molecule has 0 amide bonds. The number of ether oxygens (including phenoxy) is 2. The summed E-state index contributed by atoms with van der Waals surface area (Å²) >= 11 is 1.56. The fourth-order valence-corrected chi connectivity index (χ4v) is 3.70. The Balaban J connectivity index is 1.40. The van der Waals surface area contributed by atoms with Crippen molar-refractivity contribution in [1.82, 2.24) is 25.2 Å². The van der Waals surface area contributed by atoms with Crippen molar-refractivity contribution in [3.63, 3.8) is 0 Å². The minimum atomic E-state index is 0.446. The summed E-state index contributed by atoms with van der Waals surface area (Å²) in [6.07, 6.45) is 1.76. The summed E-state index contributed by atoms with van der Waals surface area (Å²) in [4.78, 5) is 4.26. The van der Waals surface area contributed by atoms with Crippen molar-refractivity contribution in [2.24, 2.45) is 0 Å². The van der Waals surface area contributed by atoms with Crippen LogP contribution >= 0.6 is 11.8 Å². The average molecular weight is 420 g/mol. The van der Waals surface area contributed by atoms with Gasteiger partial charge in [0.25, 0.3) is 0 Å². The predicted molar refractivity (Wildman–Crippen MR) is 115 cm³/mol. The number of aryl methyl sites for hydroxylation is 1. The zero-order valence-corrected chi connectivity index (χ0v) is 17.5. The smallest absolute Gasteiger partial charge is 0.214 e. The van der Waals surface area contributed by atoms with Crippen LogP contribution in [-0.4, -0.2) is 32.3 Å². The first-order chi connectivity index (χ1) is 14.7. The zero-order valence-electron chi connectivity index (χ0n) is 16.7. The molecule has 2 aromatic carbocycles. The number of methoxy groups -OCH3 is 1. The summed E-state index contributed by atoms with van der Waals surface area (Å²) < 4.78 is 13.0. The van der Waals surface area contributed by atoms with Crippen molar-refractivity contribution in [2.75, 3.05) is 7.11 Å². The summed E-state index contributed by atoms with van der Waals surface area (Å²) in [6.45, 7) is 2.47. The Morgan fingerprint density at radius 2 is 1.90 bits per heavy atom. The molecule has 0 N–H and O–H groups in total. The zero-order chi connectivity index (χ0) is 20.8. The van der Waals surface area contributed by atoms with E-state index < -0.39 is 0 Å². The largest absolute Gasteiger partial charge is 0.494 e. The second-order valence-corrected chi connectivity index (χ2v) is 7.53. The molecule has 0 spiro atoms. The van der Waals surface area contributed by atoms with E-state index in [0.717, 1.165) is 39.8 Å². The number of benzene rings is 2. The lowest BCUT2D eigenvalue weighted by Gasteiger charge is -2.10. The SMILES string of the molecule is COc1ccc(C)cc1-n1nnnc1SCc1ccc(OCc2ccccn2)cc1. The first-order valence-electron chi connectivity index (χ1n) is 9.41. The van der Waals surface area contributed by atoms with Crippen LogP contribution in [0.5, 0.6) is 11.5 Å². The van der Waals surface area contributed by atoms with E-state index in [9.17, 15) is 0 Å². The van der Waals surface area contributed by atoms with E-state index in [2.05, 4.69) is 20.5 Å². The van der Waals surface area contributed by atoms with Crippen LogP contribution in [-0.2, 0) is 12.4 Å². The van der Waals surface area contributed by atoms with Crippen molar-refractivity contribution in [2.45, 2.75) is 24.4 Å². The molecule has 0 aliphatic heterocycles. The molecule has 0 saturated carbocycles.